The van der Waals surface area contributed by atoms with Crippen molar-refractivity contribution in [3.63, 3.8) is 0 Å². The zero-order valence-corrected chi connectivity index (χ0v) is 10.9. The fourth-order valence-corrected chi connectivity index (χ4v) is 3.34. The number of hydrogen-bond acceptors (Lipinski definition) is 3. The van der Waals surface area contributed by atoms with E-state index >= 15 is 0 Å². The third-order valence-corrected chi connectivity index (χ3v) is 4.33. The van der Waals surface area contributed by atoms with Crippen molar-refractivity contribution in [2.45, 2.75) is 27.2 Å². The van der Waals surface area contributed by atoms with E-state index in [0.717, 1.165) is 12.0 Å². The molecule has 0 saturated carbocycles. The van der Waals surface area contributed by atoms with Gasteiger partial charge in [-0.2, -0.15) is 0 Å². The fourth-order valence-electron chi connectivity index (χ4n) is 1.51. The Morgan fingerprint density at radius 3 is 2.38 bits per heavy atom. The Bertz CT molecular complexity index is 366. The minimum Gasteiger partial charge on any atom is -0.305 e. The second kappa shape index (κ2) is 6.19. The van der Waals surface area contributed by atoms with Crippen LogP contribution in [0.25, 0.3) is 0 Å². The Balaban J connectivity index is 3.15. The molecule has 1 aromatic carbocycles. The lowest BCUT2D eigenvalue weighted by molar-refractivity contribution is 0.229. The molecule has 0 aliphatic rings. The summed E-state index contributed by atoms with van der Waals surface area (Å²) in [5, 5.41) is 0.571. The van der Waals surface area contributed by atoms with E-state index in [9.17, 15) is 4.57 Å². The first-order chi connectivity index (χ1) is 7.68. The third-order valence-electron chi connectivity index (χ3n) is 2.17. The summed E-state index contributed by atoms with van der Waals surface area (Å²) >= 11 is 0. The molecule has 16 heavy (non-hydrogen) atoms. The summed E-state index contributed by atoms with van der Waals surface area (Å²) in [6.45, 7) is 6.35. The summed E-state index contributed by atoms with van der Waals surface area (Å²) in [5.41, 5.74) is 0.965. The quantitative estimate of drug-likeness (QED) is 0.718. The molecule has 0 aromatic heterocycles. The van der Waals surface area contributed by atoms with Crippen molar-refractivity contribution in [2.75, 3.05) is 13.2 Å². The van der Waals surface area contributed by atoms with Crippen molar-refractivity contribution < 1.29 is 13.6 Å². The predicted molar refractivity (Wildman–Crippen MR) is 65.1 cm³/mol. The summed E-state index contributed by atoms with van der Waals surface area (Å²) in [7, 11) is -3.18. The first-order valence-electron chi connectivity index (χ1n) is 5.57. The van der Waals surface area contributed by atoms with Gasteiger partial charge in [-0.05, 0) is 31.9 Å². The van der Waals surface area contributed by atoms with Crippen LogP contribution in [-0.4, -0.2) is 13.2 Å². The molecule has 0 amide bonds. The Hall–Kier alpha value is -0.630. The van der Waals surface area contributed by atoms with Gasteiger partial charge in [-0.3, -0.25) is 4.57 Å². The molecule has 0 N–H and O–H groups in total. The van der Waals surface area contributed by atoms with Crippen LogP contribution in [0.4, 0.5) is 0 Å². The zero-order chi connectivity index (χ0) is 12.0. The molecule has 4 heteroatoms. The summed E-state index contributed by atoms with van der Waals surface area (Å²) < 4.78 is 23.1. The van der Waals surface area contributed by atoms with Crippen molar-refractivity contribution in [1.82, 2.24) is 0 Å². The first kappa shape index (κ1) is 13.4. The smallest absolute Gasteiger partial charge is 0.305 e. The van der Waals surface area contributed by atoms with Gasteiger partial charge in [0.1, 0.15) is 0 Å². The molecule has 89 valence electrons. The van der Waals surface area contributed by atoms with Gasteiger partial charge in [-0.25, -0.2) is 0 Å². The molecule has 1 aromatic rings. The highest BCUT2D eigenvalue weighted by Gasteiger charge is 2.28. The lowest BCUT2D eigenvalue weighted by atomic mass is 10.2. The Morgan fingerprint density at radius 2 is 1.88 bits per heavy atom. The van der Waals surface area contributed by atoms with E-state index in [1.807, 2.05) is 19.1 Å². The molecule has 0 spiro atoms. The van der Waals surface area contributed by atoms with Gasteiger partial charge < -0.3 is 9.05 Å². The highest BCUT2D eigenvalue weighted by molar-refractivity contribution is 7.62. The fraction of sp³-hybridized carbons (Fsp3) is 0.500. The Kier molecular flexibility index (Phi) is 5.20. The molecule has 0 fully saturated rings. The third kappa shape index (κ3) is 2.94. The average Bonchev–Trinajstić information content (AvgIpc) is 2.29. The SMILES string of the molecule is CCOP(=O)(OCC)c1[c]cccc1CC. The first-order valence-corrected chi connectivity index (χ1v) is 7.11. The van der Waals surface area contributed by atoms with Gasteiger partial charge in [-0.1, -0.05) is 25.1 Å². The van der Waals surface area contributed by atoms with E-state index < -0.39 is 7.60 Å². The summed E-state index contributed by atoms with van der Waals surface area (Å²) in [4.78, 5) is 0. The van der Waals surface area contributed by atoms with Crippen LogP contribution in [-0.2, 0) is 20.0 Å². The summed E-state index contributed by atoms with van der Waals surface area (Å²) in [6.07, 6.45) is 0.789. The molecular formula is C12H18O3P. The largest absolute Gasteiger partial charge is 0.362 e. The lowest BCUT2D eigenvalue weighted by Crippen LogP contribution is -2.15. The topological polar surface area (TPSA) is 35.5 Å². The lowest BCUT2D eigenvalue weighted by Gasteiger charge is -2.19. The van der Waals surface area contributed by atoms with Crippen LogP contribution in [0.5, 0.6) is 0 Å². The predicted octanol–water partition coefficient (Wildman–Crippen LogP) is 2.94. The van der Waals surface area contributed by atoms with Gasteiger partial charge >= 0.3 is 7.60 Å². The van der Waals surface area contributed by atoms with Crippen LogP contribution in [0.3, 0.4) is 0 Å². The van der Waals surface area contributed by atoms with Gasteiger partial charge in [0.2, 0.25) is 0 Å². The molecule has 0 heterocycles. The molecule has 0 unspecified atom stereocenters. The van der Waals surface area contributed by atoms with E-state index in [4.69, 9.17) is 9.05 Å². The maximum atomic E-state index is 12.5. The van der Waals surface area contributed by atoms with Crippen LogP contribution in [0, 0.1) is 6.07 Å². The van der Waals surface area contributed by atoms with Crippen molar-refractivity contribution in [1.29, 1.82) is 0 Å². The summed E-state index contributed by atoms with van der Waals surface area (Å²) in [5.74, 6) is 0. The minimum absolute atomic E-state index is 0.364. The molecule has 1 rings (SSSR count). The van der Waals surface area contributed by atoms with Crippen LogP contribution in [0.1, 0.15) is 26.3 Å². The van der Waals surface area contributed by atoms with E-state index in [1.165, 1.54) is 0 Å². The zero-order valence-electron chi connectivity index (χ0n) is 10.0. The van der Waals surface area contributed by atoms with Crippen molar-refractivity contribution in [2.24, 2.45) is 0 Å². The van der Waals surface area contributed by atoms with Gasteiger partial charge in [-0.15, -0.1) is 0 Å². The van der Waals surface area contributed by atoms with Gasteiger partial charge in [0.05, 0.1) is 18.5 Å². The highest BCUT2D eigenvalue weighted by atomic mass is 31.2. The van der Waals surface area contributed by atoms with E-state index in [0.29, 0.717) is 18.5 Å². The van der Waals surface area contributed by atoms with Crippen molar-refractivity contribution in [3.05, 3.63) is 29.8 Å². The van der Waals surface area contributed by atoms with Crippen LogP contribution in [0.15, 0.2) is 18.2 Å². The molecule has 0 saturated heterocycles. The molecule has 3 nitrogen and oxygen atoms in total. The van der Waals surface area contributed by atoms with Crippen LogP contribution >= 0.6 is 7.60 Å². The van der Waals surface area contributed by atoms with Gasteiger partial charge in [0.15, 0.2) is 0 Å². The number of hydrogen-bond donors (Lipinski definition) is 0. The van der Waals surface area contributed by atoms with Gasteiger partial charge in [0.25, 0.3) is 0 Å². The molecule has 0 bridgehead atoms. The normalized spacial score (nSPS) is 11.7. The van der Waals surface area contributed by atoms with Crippen LogP contribution in [0.2, 0.25) is 0 Å². The van der Waals surface area contributed by atoms with Gasteiger partial charge in [0, 0.05) is 0 Å². The monoisotopic (exact) mass is 241 g/mol. The number of rotatable bonds is 6. The maximum Gasteiger partial charge on any atom is 0.362 e. The van der Waals surface area contributed by atoms with E-state index in [1.54, 1.807) is 19.9 Å². The van der Waals surface area contributed by atoms with Crippen molar-refractivity contribution in [3.8, 4) is 0 Å². The highest BCUT2D eigenvalue weighted by Crippen LogP contribution is 2.47. The standard InChI is InChI=1S/C12H18O3P/c1-4-11-9-7-8-10-12(11)16(13,14-5-2)15-6-3/h7-9H,4-6H2,1-3H3. The number of benzene rings is 1. The molecule has 0 aliphatic heterocycles. The molecule has 1 radical (unpaired) electrons. The molecule has 0 aliphatic carbocycles. The maximum absolute atomic E-state index is 12.5. The van der Waals surface area contributed by atoms with E-state index in [2.05, 4.69) is 6.07 Å². The van der Waals surface area contributed by atoms with Crippen LogP contribution < -0.4 is 5.30 Å². The second-order valence-electron chi connectivity index (χ2n) is 3.23. The molecule has 0 atom stereocenters. The Morgan fingerprint density at radius 1 is 1.25 bits per heavy atom. The Labute approximate surface area is 97.3 Å². The number of aryl methyl sites for hydroxylation is 1. The minimum atomic E-state index is -3.18. The van der Waals surface area contributed by atoms with E-state index in [-0.39, 0.29) is 0 Å². The summed E-state index contributed by atoms with van der Waals surface area (Å²) in [6, 6.07) is 8.53. The van der Waals surface area contributed by atoms with Crippen molar-refractivity contribution >= 4 is 12.9 Å². The molecular weight excluding hydrogens is 223 g/mol. The second-order valence-corrected chi connectivity index (χ2v) is 5.19. The average molecular weight is 241 g/mol.